The Hall–Kier alpha value is -1.00. The highest BCUT2D eigenvalue weighted by Crippen LogP contribution is 2.28. The van der Waals surface area contributed by atoms with Gasteiger partial charge in [-0.05, 0) is 13.3 Å². The first-order valence-electron chi connectivity index (χ1n) is 4.69. The van der Waals surface area contributed by atoms with E-state index < -0.39 is 0 Å². The van der Waals surface area contributed by atoms with Crippen LogP contribution in [0.4, 0.5) is 0 Å². The first kappa shape index (κ1) is 11.1. The van der Waals surface area contributed by atoms with Crippen molar-refractivity contribution in [3.05, 3.63) is 24.3 Å². The highest BCUT2D eigenvalue weighted by molar-refractivity contribution is 5.13. The molecule has 0 aliphatic rings. The quantitative estimate of drug-likeness (QED) is 0.786. The molecule has 0 saturated carbocycles. The van der Waals surface area contributed by atoms with Crippen LogP contribution in [0, 0.1) is 0 Å². The number of methoxy groups -OCH3 is 1. The lowest BCUT2D eigenvalue weighted by Crippen LogP contribution is -2.39. The summed E-state index contributed by atoms with van der Waals surface area (Å²) in [4.78, 5) is 7.88. The first-order chi connectivity index (χ1) is 6.64. The smallest absolute Gasteiger partial charge is 0.115 e. The summed E-state index contributed by atoms with van der Waals surface area (Å²) in [5.41, 5.74) is 6.63. The lowest BCUT2D eigenvalue weighted by atomic mass is 9.90. The Balaban J connectivity index is 2.89. The van der Waals surface area contributed by atoms with Crippen molar-refractivity contribution in [3.63, 3.8) is 0 Å². The van der Waals surface area contributed by atoms with Crippen LogP contribution < -0.4 is 5.73 Å². The minimum absolute atomic E-state index is 0.196. The number of ether oxygens (including phenoxy) is 1. The topological polar surface area (TPSA) is 61.0 Å². The van der Waals surface area contributed by atoms with E-state index >= 15 is 0 Å². The second-order valence-corrected chi connectivity index (χ2v) is 3.52. The number of nitrogens with two attached hydrogens (primary N) is 1. The summed E-state index contributed by atoms with van der Waals surface area (Å²) in [6.07, 6.45) is 5.79. The zero-order chi connectivity index (χ0) is 10.6. The van der Waals surface area contributed by atoms with Gasteiger partial charge in [-0.25, -0.2) is 9.97 Å². The molecular weight excluding hydrogens is 178 g/mol. The molecule has 4 heteroatoms. The average molecular weight is 195 g/mol. The fraction of sp³-hybridized carbons (Fsp3) is 0.600. The zero-order valence-corrected chi connectivity index (χ0v) is 8.90. The molecule has 0 bridgehead atoms. The van der Waals surface area contributed by atoms with E-state index in [-0.39, 0.29) is 11.6 Å². The van der Waals surface area contributed by atoms with Crippen LogP contribution in [-0.2, 0) is 4.74 Å². The van der Waals surface area contributed by atoms with Crippen molar-refractivity contribution in [1.82, 2.24) is 9.97 Å². The SMILES string of the molecule is CCC(C)(OC)C(N)c1cncnc1. The number of hydrogen-bond acceptors (Lipinski definition) is 4. The van der Waals surface area contributed by atoms with Crippen LogP contribution in [0.1, 0.15) is 31.9 Å². The predicted molar refractivity (Wildman–Crippen MR) is 54.7 cm³/mol. The normalized spacial score (nSPS) is 17.4. The molecule has 1 aromatic heterocycles. The van der Waals surface area contributed by atoms with Gasteiger partial charge in [0.1, 0.15) is 6.33 Å². The highest BCUT2D eigenvalue weighted by atomic mass is 16.5. The van der Waals surface area contributed by atoms with E-state index in [0.29, 0.717) is 0 Å². The van der Waals surface area contributed by atoms with Crippen molar-refractivity contribution in [2.24, 2.45) is 5.73 Å². The van der Waals surface area contributed by atoms with E-state index in [9.17, 15) is 0 Å². The molecule has 0 aromatic carbocycles. The van der Waals surface area contributed by atoms with Gasteiger partial charge in [0.05, 0.1) is 11.6 Å². The molecule has 0 spiro atoms. The van der Waals surface area contributed by atoms with Crippen LogP contribution in [-0.4, -0.2) is 22.7 Å². The second-order valence-electron chi connectivity index (χ2n) is 3.52. The monoisotopic (exact) mass is 195 g/mol. The molecule has 0 aliphatic heterocycles. The van der Waals surface area contributed by atoms with E-state index in [4.69, 9.17) is 10.5 Å². The maximum absolute atomic E-state index is 6.09. The number of nitrogens with zero attached hydrogens (tertiary/aromatic N) is 2. The molecule has 0 aliphatic carbocycles. The van der Waals surface area contributed by atoms with Crippen LogP contribution in [0.3, 0.4) is 0 Å². The van der Waals surface area contributed by atoms with Gasteiger partial charge in [0.2, 0.25) is 0 Å². The van der Waals surface area contributed by atoms with E-state index in [1.165, 1.54) is 6.33 Å². The summed E-state index contributed by atoms with van der Waals surface area (Å²) in [6, 6.07) is -0.196. The Morgan fingerprint density at radius 2 is 2.07 bits per heavy atom. The first-order valence-corrected chi connectivity index (χ1v) is 4.69. The summed E-state index contributed by atoms with van der Waals surface area (Å²) in [7, 11) is 1.67. The van der Waals surface area contributed by atoms with Gasteiger partial charge in [0.25, 0.3) is 0 Å². The molecule has 1 heterocycles. The molecule has 14 heavy (non-hydrogen) atoms. The fourth-order valence-electron chi connectivity index (χ4n) is 1.32. The van der Waals surface area contributed by atoms with Crippen molar-refractivity contribution in [3.8, 4) is 0 Å². The Morgan fingerprint density at radius 1 is 1.50 bits per heavy atom. The lowest BCUT2D eigenvalue weighted by molar-refractivity contribution is -0.0196. The van der Waals surface area contributed by atoms with E-state index in [1.807, 2.05) is 13.8 Å². The standard InChI is InChI=1S/C10H17N3O/c1-4-10(2,14-3)9(11)8-5-12-7-13-6-8/h5-7,9H,4,11H2,1-3H3. The summed E-state index contributed by atoms with van der Waals surface area (Å²) >= 11 is 0. The van der Waals surface area contributed by atoms with Crippen molar-refractivity contribution >= 4 is 0 Å². The average Bonchev–Trinajstić information content (AvgIpc) is 2.28. The highest BCUT2D eigenvalue weighted by Gasteiger charge is 2.31. The molecule has 0 fully saturated rings. The van der Waals surface area contributed by atoms with Crippen LogP contribution in [0.5, 0.6) is 0 Å². The van der Waals surface area contributed by atoms with Gasteiger partial charge in [-0.15, -0.1) is 0 Å². The van der Waals surface area contributed by atoms with Gasteiger partial charge in [0.15, 0.2) is 0 Å². The van der Waals surface area contributed by atoms with Crippen LogP contribution in [0.2, 0.25) is 0 Å². The number of hydrogen-bond donors (Lipinski definition) is 1. The lowest BCUT2D eigenvalue weighted by Gasteiger charge is -2.32. The van der Waals surface area contributed by atoms with Crippen molar-refractivity contribution in [1.29, 1.82) is 0 Å². The molecule has 0 radical (unpaired) electrons. The van der Waals surface area contributed by atoms with Crippen LogP contribution in [0.25, 0.3) is 0 Å². The van der Waals surface area contributed by atoms with Crippen molar-refractivity contribution in [2.45, 2.75) is 31.9 Å². The zero-order valence-electron chi connectivity index (χ0n) is 8.90. The van der Waals surface area contributed by atoms with E-state index in [0.717, 1.165) is 12.0 Å². The minimum atomic E-state index is -0.356. The third kappa shape index (κ3) is 2.08. The Labute approximate surface area is 84.5 Å². The van der Waals surface area contributed by atoms with Gasteiger partial charge in [0, 0.05) is 25.1 Å². The van der Waals surface area contributed by atoms with Crippen molar-refractivity contribution in [2.75, 3.05) is 7.11 Å². The predicted octanol–water partition coefficient (Wildman–Crippen LogP) is 1.29. The van der Waals surface area contributed by atoms with Crippen molar-refractivity contribution < 1.29 is 4.74 Å². The molecule has 78 valence electrons. The van der Waals surface area contributed by atoms with E-state index in [2.05, 4.69) is 9.97 Å². The molecule has 1 aromatic rings. The molecule has 2 unspecified atom stereocenters. The maximum Gasteiger partial charge on any atom is 0.115 e. The molecule has 2 atom stereocenters. The van der Waals surface area contributed by atoms with Gasteiger partial charge >= 0.3 is 0 Å². The third-order valence-corrected chi connectivity index (χ3v) is 2.77. The van der Waals surface area contributed by atoms with Crippen LogP contribution in [0.15, 0.2) is 18.7 Å². The number of aromatic nitrogens is 2. The van der Waals surface area contributed by atoms with E-state index in [1.54, 1.807) is 19.5 Å². The van der Waals surface area contributed by atoms with Gasteiger partial charge in [-0.3, -0.25) is 0 Å². The summed E-state index contributed by atoms with van der Waals surface area (Å²) in [5.74, 6) is 0. The molecular formula is C10H17N3O. The number of rotatable bonds is 4. The van der Waals surface area contributed by atoms with Gasteiger partial charge in [-0.2, -0.15) is 0 Å². The Morgan fingerprint density at radius 3 is 2.50 bits per heavy atom. The largest absolute Gasteiger partial charge is 0.377 e. The summed E-state index contributed by atoms with van der Waals surface area (Å²) < 4.78 is 5.42. The minimum Gasteiger partial charge on any atom is -0.377 e. The maximum atomic E-state index is 6.09. The molecule has 4 nitrogen and oxygen atoms in total. The Kier molecular flexibility index (Phi) is 3.55. The summed E-state index contributed by atoms with van der Waals surface area (Å²) in [6.45, 7) is 4.04. The van der Waals surface area contributed by atoms with Crippen LogP contribution >= 0.6 is 0 Å². The van der Waals surface area contributed by atoms with Gasteiger partial charge in [-0.1, -0.05) is 6.92 Å². The Bertz CT molecular complexity index is 272. The molecule has 1 rings (SSSR count). The van der Waals surface area contributed by atoms with Gasteiger partial charge < -0.3 is 10.5 Å². The molecule has 0 saturated heterocycles. The summed E-state index contributed by atoms with van der Waals surface area (Å²) in [5, 5.41) is 0. The third-order valence-electron chi connectivity index (χ3n) is 2.77. The fourth-order valence-corrected chi connectivity index (χ4v) is 1.32. The molecule has 0 amide bonds. The molecule has 2 N–H and O–H groups in total. The second kappa shape index (κ2) is 4.48.